The van der Waals surface area contributed by atoms with Gasteiger partial charge in [0.15, 0.2) is 5.78 Å². The van der Waals surface area contributed by atoms with Crippen molar-refractivity contribution in [1.82, 2.24) is 9.97 Å². The third-order valence-electron chi connectivity index (χ3n) is 3.85. The highest BCUT2D eigenvalue weighted by atomic mass is 16.1. The number of anilines is 3. The molecule has 1 aromatic heterocycles. The van der Waals surface area contributed by atoms with E-state index < -0.39 is 0 Å². The maximum absolute atomic E-state index is 12.3. The van der Waals surface area contributed by atoms with Crippen LogP contribution < -0.4 is 10.6 Å². The molecule has 0 atom stereocenters. The number of para-hydroxylation sites is 1. The second-order valence-electron chi connectivity index (χ2n) is 5.82. The van der Waals surface area contributed by atoms with Gasteiger partial charge in [-0.15, -0.1) is 0 Å². The Bertz CT molecular complexity index is 935. The van der Waals surface area contributed by atoms with Crippen molar-refractivity contribution in [2.75, 3.05) is 10.6 Å². The fraction of sp³-hybridized carbons (Fsp3) is 0.100. The molecule has 0 saturated heterocycles. The number of ketones is 1. The number of hydrogen-bond acceptors (Lipinski definition) is 5. The van der Waals surface area contributed by atoms with Crippen molar-refractivity contribution in [2.45, 2.75) is 13.8 Å². The molecular weight excluding hydrogens is 328 g/mol. The molecular formula is C20H18N4O2. The van der Waals surface area contributed by atoms with Crippen LogP contribution in [0.2, 0.25) is 0 Å². The molecule has 0 unspecified atom stereocenters. The predicted molar refractivity (Wildman–Crippen MR) is 101 cm³/mol. The molecule has 0 spiro atoms. The molecule has 0 bridgehead atoms. The van der Waals surface area contributed by atoms with Crippen molar-refractivity contribution in [2.24, 2.45) is 0 Å². The summed E-state index contributed by atoms with van der Waals surface area (Å²) < 4.78 is 0. The molecule has 26 heavy (non-hydrogen) atoms. The molecule has 0 aliphatic heterocycles. The summed E-state index contributed by atoms with van der Waals surface area (Å²) in [7, 11) is 0. The molecule has 3 rings (SSSR count). The molecule has 6 heteroatoms. The second-order valence-corrected chi connectivity index (χ2v) is 5.82. The maximum Gasteiger partial charge on any atom is 0.258 e. The van der Waals surface area contributed by atoms with Gasteiger partial charge in [-0.1, -0.05) is 18.2 Å². The fourth-order valence-electron chi connectivity index (χ4n) is 2.33. The van der Waals surface area contributed by atoms with Crippen LogP contribution in [0.25, 0.3) is 0 Å². The predicted octanol–water partition coefficient (Wildman–Crippen LogP) is 3.98. The Morgan fingerprint density at radius 3 is 2.15 bits per heavy atom. The molecule has 1 heterocycles. The van der Waals surface area contributed by atoms with Crippen LogP contribution in [0, 0.1) is 6.92 Å². The molecule has 0 radical (unpaired) electrons. The third-order valence-corrected chi connectivity index (χ3v) is 3.85. The fourth-order valence-corrected chi connectivity index (χ4v) is 2.33. The lowest BCUT2D eigenvalue weighted by Gasteiger charge is -2.08. The number of aryl methyl sites for hydroxylation is 1. The normalized spacial score (nSPS) is 10.2. The van der Waals surface area contributed by atoms with E-state index in [0.717, 1.165) is 16.9 Å². The van der Waals surface area contributed by atoms with Crippen molar-refractivity contribution in [3.05, 3.63) is 77.6 Å². The molecule has 0 fully saturated rings. The molecule has 2 aromatic carbocycles. The highest BCUT2D eigenvalue weighted by Crippen LogP contribution is 2.16. The van der Waals surface area contributed by atoms with Crippen LogP contribution in [0.4, 0.5) is 17.3 Å². The van der Waals surface area contributed by atoms with E-state index in [4.69, 9.17) is 0 Å². The van der Waals surface area contributed by atoms with E-state index in [2.05, 4.69) is 20.6 Å². The number of aromatic nitrogens is 2. The maximum atomic E-state index is 12.3. The molecule has 3 aromatic rings. The Balaban J connectivity index is 1.67. The summed E-state index contributed by atoms with van der Waals surface area (Å²) in [6, 6.07) is 14.6. The monoisotopic (exact) mass is 346 g/mol. The number of hydrogen-bond donors (Lipinski definition) is 2. The van der Waals surface area contributed by atoms with Crippen molar-refractivity contribution < 1.29 is 9.59 Å². The first-order valence-electron chi connectivity index (χ1n) is 8.10. The van der Waals surface area contributed by atoms with Crippen LogP contribution in [0.1, 0.15) is 33.2 Å². The Morgan fingerprint density at radius 2 is 1.54 bits per heavy atom. The lowest BCUT2D eigenvalue weighted by atomic mass is 10.1. The van der Waals surface area contributed by atoms with E-state index in [1.807, 2.05) is 31.2 Å². The van der Waals surface area contributed by atoms with E-state index in [1.54, 1.807) is 24.3 Å². The third kappa shape index (κ3) is 4.10. The Hall–Kier alpha value is -3.54. The highest BCUT2D eigenvalue weighted by Gasteiger charge is 2.09. The number of rotatable bonds is 5. The minimum atomic E-state index is -0.267. The van der Waals surface area contributed by atoms with Gasteiger partial charge in [-0.3, -0.25) is 9.59 Å². The molecule has 0 aliphatic rings. The van der Waals surface area contributed by atoms with E-state index in [0.29, 0.717) is 17.1 Å². The van der Waals surface area contributed by atoms with Crippen LogP contribution in [0.5, 0.6) is 0 Å². The van der Waals surface area contributed by atoms with Crippen molar-refractivity contribution >= 4 is 29.0 Å². The van der Waals surface area contributed by atoms with E-state index in [9.17, 15) is 9.59 Å². The number of Topliss-reactive ketones (excluding diaryl/α,β-unsaturated/α-hetero) is 1. The quantitative estimate of drug-likeness (QED) is 0.683. The van der Waals surface area contributed by atoms with Crippen LogP contribution in [0.15, 0.2) is 60.9 Å². The molecule has 1 amide bonds. The van der Waals surface area contributed by atoms with Gasteiger partial charge in [0.25, 0.3) is 5.91 Å². The lowest BCUT2D eigenvalue weighted by Crippen LogP contribution is -2.13. The van der Waals surface area contributed by atoms with Crippen LogP contribution in [-0.4, -0.2) is 21.7 Å². The van der Waals surface area contributed by atoms with E-state index in [1.165, 1.54) is 19.3 Å². The van der Waals surface area contributed by atoms with E-state index >= 15 is 0 Å². The summed E-state index contributed by atoms with van der Waals surface area (Å²) in [5.41, 5.74) is 3.50. The average molecular weight is 346 g/mol. The minimum Gasteiger partial charge on any atom is -0.324 e. The van der Waals surface area contributed by atoms with Gasteiger partial charge < -0.3 is 10.6 Å². The Morgan fingerprint density at radius 1 is 0.885 bits per heavy atom. The average Bonchev–Trinajstić information content (AvgIpc) is 2.64. The SMILES string of the molecule is CC(=O)c1ccc(Nc2ncc(C(=O)Nc3ccccc3C)cn2)cc1. The number of carbonyl (C=O) groups is 2. The lowest BCUT2D eigenvalue weighted by molar-refractivity contribution is 0.101. The molecule has 6 nitrogen and oxygen atoms in total. The highest BCUT2D eigenvalue weighted by molar-refractivity contribution is 6.04. The molecule has 130 valence electrons. The van der Waals surface area contributed by atoms with Crippen LogP contribution in [0.3, 0.4) is 0 Å². The molecule has 0 aliphatic carbocycles. The first-order valence-corrected chi connectivity index (χ1v) is 8.10. The van der Waals surface area contributed by atoms with Gasteiger partial charge in [0, 0.05) is 29.3 Å². The topological polar surface area (TPSA) is 84.0 Å². The minimum absolute atomic E-state index is 0.0109. The van der Waals surface area contributed by atoms with Crippen molar-refractivity contribution in [3.63, 3.8) is 0 Å². The number of nitrogens with zero attached hydrogens (tertiary/aromatic N) is 2. The van der Waals surface area contributed by atoms with Gasteiger partial charge >= 0.3 is 0 Å². The smallest absolute Gasteiger partial charge is 0.258 e. The van der Waals surface area contributed by atoms with Crippen LogP contribution >= 0.6 is 0 Å². The van der Waals surface area contributed by atoms with Gasteiger partial charge in [-0.05, 0) is 49.7 Å². The number of nitrogens with one attached hydrogen (secondary N) is 2. The van der Waals surface area contributed by atoms with E-state index in [-0.39, 0.29) is 11.7 Å². The second kappa shape index (κ2) is 7.57. The summed E-state index contributed by atoms with van der Waals surface area (Å²) in [6.45, 7) is 3.45. The van der Waals surface area contributed by atoms with Gasteiger partial charge in [0.05, 0.1) is 5.56 Å². The number of benzene rings is 2. The molecule has 0 saturated carbocycles. The van der Waals surface area contributed by atoms with Crippen molar-refractivity contribution in [3.8, 4) is 0 Å². The zero-order chi connectivity index (χ0) is 18.5. The van der Waals surface area contributed by atoms with Gasteiger partial charge in [0.2, 0.25) is 5.95 Å². The molecule has 2 N–H and O–H groups in total. The van der Waals surface area contributed by atoms with Gasteiger partial charge in [-0.25, -0.2) is 9.97 Å². The summed E-state index contributed by atoms with van der Waals surface area (Å²) >= 11 is 0. The first kappa shape index (κ1) is 17.3. The summed E-state index contributed by atoms with van der Waals surface area (Å²) in [5.74, 6) is 0.112. The Labute approximate surface area is 151 Å². The van der Waals surface area contributed by atoms with Gasteiger partial charge in [-0.2, -0.15) is 0 Å². The summed E-state index contributed by atoms with van der Waals surface area (Å²) in [5, 5.41) is 5.87. The first-order chi connectivity index (χ1) is 12.5. The van der Waals surface area contributed by atoms with Crippen LogP contribution in [-0.2, 0) is 0 Å². The largest absolute Gasteiger partial charge is 0.324 e. The zero-order valence-electron chi connectivity index (χ0n) is 14.5. The van der Waals surface area contributed by atoms with Crippen molar-refractivity contribution in [1.29, 1.82) is 0 Å². The van der Waals surface area contributed by atoms with Gasteiger partial charge in [0.1, 0.15) is 0 Å². The summed E-state index contributed by atoms with van der Waals surface area (Å²) in [4.78, 5) is 31.9. The standard InChI is InChI=1S/C20H18N4O2/c1-13-5-3-4-6-18(13)24-19(26)16-11-21-20(22-12-16)23-17-9-7-15(8-10-17)14(2)25/h3-12H,1-2H3,(H,24,26)(H,21,22,23). The Kier molecular flexibility index (Phi) is 5.03. The summed E-state index contributed by atoms with van der Waals surface area (Å²) in [6.07, 6.45) is 2.93. The number of carbonyl (C=O) groups excluding carboxylic acids is 2. The zero-order valence-corrected chi connectivity index (χ0v) is 14.5. The number of amides is 1.